The first-order valence-corrected chi connectivity index (χ1v) is 12.5. The number of carbonyl (C=O) groups is 1. The highest BCUT2D eigenvalue weighted by Gasteiger charge is 2.42. The summed E-state index contributed by atoms with van der Waals surface area (Å²) in [5, 5.41) is 10.4. The monoisotopic (exact) mass is 500 g/mol. The maximum absolute atomic E-state index is 13.3. The van der Waals surface area contributed by atoms with Gasteiger partial charge >= 0.3 is 0 Å². The zero-order valence-electron chi connectivity index (χ0n) is 18.2. The van der Waals surface area contributed by atoms with Crippen molar-refractivity contribution in [3.63, 3.8) is 0 Å². The standard InChI is InChI=1S/C20H26ClFN6O4S/c1-26-13-18(24-25-26)33(30,31)28-8-6-27(7-9-28)20(4-10-32-11-5-20)14-23-19(29)16-3-2-15(22)12-17(16)21/h2-3,12-13H,4-11,14H2,1H3,(H,23,29). The first kappa shape index (κ1) is 24.0. The molecule has 0 bridgehead atoms. The molecule has 2 aromatic rings. The van der Waals surface area contributed by atoms with Gasteiger partial charge in [0.25, 0.3) is 15.9 Å². The molecule has 2 saturated heterocycles. The molecule has 2 fully saturated rings. The van der Waals surface area contributed by atoms with Crippen LogP contribution in [0.15, 0.2) is 29.4 Å². The predicted octanol–water partition coefficient (Wildman–Crippen LogP) is 0.893. The number of sulfonamides is 1. The highest BCUT2D eigenvalue weighted by atomic mass is 35.5. The van der Waals surface area contributed by atoms with Gasteiger partial charge in [0.05, 0.1) is 16.8 Å². The molecule has 0 radical (unpaired) electrons. The first-order valence-electron chi connectivity index (χ1n) is 10.6. The molecule has 3 heterocycles. The van der Waals surface area contributed by atoms with Crippen LogP contribution >= 0.6 is 11.6 Å². The molecule has 0 unspecified atom stereocenters. The Morgan fingerprint density at radius 3 is 2.55 bits per heavy atom. The number of rotatable bonds is 6. The Hall–Kier alpha value is -2.12. The highest BCUT2D eigenvalue weighted by Crippen LogP contribution is 2.30. The Morgan fingerprint density at radius 1 is 1.24 bits per heavy atom. The summed E-state index contributed by atoms with van der Waals surface area (Å²) in [4.78, 5) is 14.9. The Morgan fingerprint density at radius 2 is 1.94 bits per heavy atom. The molecule has 0 spiro atoms. The lowest BCUT2D eigenvalue weighted by Crippen LogP contribution is -2.63. The van der Waals surface area contributed by atoms with E-state index in [0.717, 1.165) is 6.07 Å². The summed E-state index contributed by atoms with van der Waals surface area (Å²) < 4.78 is 47.4. The maximum Gasteiger partial charge on any atom is 0.264 e. The van der Waals surface area contributed by atoms with Gasteiger partial charge in [0.2, 0.25) is 5.03 Å². The lowest BCUT2D eigenvalue weighted by molar-refractivity contribution is -0.0385. The topological polar surface area (TPSA) is 110 Å². The number of aromatic nitrogens is 3. The Kier molecular flexibility index (Phi) is 7.01. The molecule has 10 nitrogen and oxygen atoms in total. The number of carbonyl (C=O) groups excluding carboxylic acids is 1. The van der Waals surface area contributed by atoms with Crippen molar-refractivity contribution < 1.29 is 22.3 Å². The van der Waals surface area contributed by atoms with E-state index >= 15 is 0 Å². The summed E-state index contributed by atoms with van der Waals surface area (Å²) in [7, 11) is -2.10. The van der Waals surface area contributed by atoms with Crippen LogP contribution in [-0.4, -0.2) is 90.0 Å². The van der Waals surface area contributed by atoms with Gasteiger partial charge in [0.1, 0.15) is 5.82 Å². The Labute approximate surface area is 196 Å². The van der Waals surface area contributed by atoms with E-state index in [1.54, 1.807) is 7.05 Å². The maximum atomic E-state index is 13.3. The molecule has 0 atom stereocenters. The number of hydrogen-bond acceptors (Lipinski definition) is 7. The number of nitrogens with zero attached hydrogens (tertiary/aromatic N) is 5. The molecular weight excluding hydrogens is 475 g/mol. The van der Waals surface area contributed by atoms with Crippen molar-refractivity contribution in [1.82, 2.24) is 29.5 Å². The number of amides is 1. The molecule has 0 saturated carbocycles. The fourth-order valence-electron chi connectivity index (χ4n) is 4.35. The van der Waals surface area contributed by atoms with Crippen LogP contribution in [0.25, 0.3) is 0 Å². The molecule has 1 aromatic carbocycles. The van der Waals surface area contributed by atoms with Crippen LogP contribution in [0.5, 0.6) is 0 Å². The summed E-state index contributed by atoms with van der Waals surface area (Å²) in [6, 6.07) is 3.67. The second-order valence-electron chi connectivity index (χ2n) is 8.27. The van der Waals surface area contributed by atoms with Gasteiger partial charge in [-0.2, -0.15) is 4.31 Å². The van der Waals surface area contributed by atoms with Gasteiger partial charge in [-0.15, -0.1) is 5.10 Å². The largest absolute Gasteiger partial charge is 0.381 e. The van der Waals surface area contributed by atoms with Crippen molar-refractivity contribution in [3.05, 3.63) is 40.8 Å². The molecule has 33 heavy (non-hydrogen) atoms. The van der Waals surface area contributed by atoms with Crippen LogP contribution in [0, 0.1) is 5.82 Å². The molecule has 1 amide bonds. The minimum absolute atomic E-state index is 0.0522. The lowest BCUT2D eigenvalue weighted by atomic mass is 9.87. The van der Waals surface area contributed by atoms with Gasteiger partial charge in [-0.3, -0.25) is 14.4 Å². The Bertz CT molecular complexity index is 1110. The smallest absolute Gasteiger partial charge is 0.264 e. The number of aryl methyl sites for hydroxylation is 1. The third-order valence-electron chi connectivity index (χ3n) is 6.27. The SMILES string of the molecule is Cn1cc(S(=O)(=O)N2CCN(C3(CNC(=O)c4ccc(F)cc4Cl)CCOCC3)CC2)nn1. The van der Waals surface area contributed by atoms with Gasteiger partial charge in [-0.05, 0) is 31.0 Å². The third kappa shape index (κ3) is 5.04. The minimum Gasteiger partial charge on any atom is -0.381 e. The normalized spacial score (nSPS) is 20.0. The zero-order chi connectivity index (χ0) is 23.6. The van der Waals surface area contributed by atoms with Crippen molar-refractivity contribution in [2.24, 2.45) is 7.05 Å². The number of halogens is 2. The molecule has 13 heteroatoms. The molecule has 0 aliphatic carbocycles. The molecule has 180 valence electrons. The fraction of sp³-hybridized carbons (Fsp3) is 0.550. The van der Waals surface area contributed by atoms with E-state index in [1.807, 2.05) is 0 Å². The summed E-state index contributed by atoms with van der Waals surface area (Å²) in [6.45, 7) is 3.06. The van der Waals surface area contributed by atoms with E-state index in [2.05, 4.69) is 20.5 Å². The van der Waals surface area contributed by atoms with Gasteiger partial charge < -0.3 is 10.1 Å². The number of ether oxygens (including phenoxy) is 1. The first-order chi connectivity index (χ1) is 15.7. The van der Waals surface area contributed by atoms with Gasteiger partial charge in [0, 0.05) is 58.5 Å². The Balaban J connectivity index is 1.44. The quantitative estimate of drug-likeness (QED) is 0.627. The average Bonchev–Trinajstić information content (AvgIpc) is 3.25. The zero-order valence-corrected chi connectivity index (χ0v) is 19.8. The molecular formula is C20H26ClFN6O4S. The van der Waals surface area contributed by atoms with Gasteiger partial charge in [-0.1, -0.05) is 16.8 Å². The van der Waals surface area contributed by atoms with Gasteiger partial charge in [-0.25, -0.2) is 12.8 Å². The van der Waals surface area contributed by atoms with Crippen LogP contribution < -0.4 is 5.32 Å². The highest BCUT2D eigenvalue weighted by molar-refractivity contribution is 7.89. The van der Waals surface area contributed by atoms with Crippen LogP contribution in [0.2, 0.25) is 5.02 Å². The predicted molar refractivity (Wildman–Crippen MR) is 118 cm³/mol. The van der Waals surface area contributed by atoms with Crippen LogP contribution in [0.4, 0.5) is 4.39 Å². The lowest BCUT2D eigenvalue weighted by Gasteiger charge is -2.49. The van der Waals surface area contributed by atoms with E-state index < -0.39 is 15.8 Å². The van der Waals surface area contributed by atoms with Crippen molar-refractivity contribution in [2.45, 2.75) is 23.4 Å². The van der Waals surface area contributed by atoms with Gasteiger partial charge in [0.15, 0.2) is 0 Å². The minimum atomic E-state index is -3.71. The second kappa shape index (κ2) is 9.63. The fourth-order valence-corrected chi connectivity index (χ4v) is 5.94. The van der Waals surface area contributed by atoms with Crippen molar-refractivity contribution in [3.8, 4) is 0 Å². The molecule has 2 aliphatic heterocycles. The number of benzene rings is 1. The third-order valence-corrected chi connectivity index (χ3v) is 8.35. The van der Waals surface area contributed by atoms with Crippen molar-refractivity contribution >= 4 is 27.5 Å². The van der Waals surface area contributed by atoms with Crippen LogP contribution in [-0.2, 0) is 21.8 Å². The molecule has 1 aromatic heterocycles. The van der Waals surface area contributed by atoms with Crippen LogP contribution in [0.1, 0.15) is 23.2 Å². The second-order valence-corrected chi connectivity index (χ2v) is 10.6. The molecule has 4 rings (SSSR count). The summed E-state index contributed by atoms with van der Waals surface area (Å²) in [5.74, 6) is -0.888. The number of piperazine rings is 1. The average molecular weight is 501 g/mol. The molecule has 2 aliphatic rings. The summed E-state index contributed by atoms with van der Waals surface area (Å²) >= 11 is 6.04. The van der Waals surface area contributed by atoms with Crippen LogP contribution in [0.3, 0.4) is 0 Å². The van der Waals surface area contributed by atoms with Crippen molar-refractivity contribution in [2.75, 3.05) is 45.9 Å². The van der Waals surface area contributed by atoms with E-state index in [4.69, 9.17) is 16.3 Å². The summed E-state index contributed by atoms with van der Waals surface area (Å²) in [6.07, 6.45) is 2.78. The summed E-state index contributed by atoms with van der Waals surface area (Å²) in [5.41, 5.74) is -0.164. The number of nitrogens with one attached hydrogen (secondary N) is 1. The van der Waals surface area contributed by atoms with E-state index in [1.165, 1.54) is 27.3 Å². The number of hydrogen-bond donors (Lipinski definition) is 1. The molecule has 1 N–H and O–H groups in total. The van der Waals surface area contributed by atoms with Crippen molar-refractivity contribution in [1.29, 1.82) is 0 Å². The van der Waals surface area contributed by atoms with E-state index in [-0.39, 0.29) is 27.1 Å². The van der Waals surface area contributed by atoms with E-state index in [9.17, 15) is 17.6 Å². The van der Waals surface area contributed by atoms with E-state index in [0.29, 0.717) is 58.8 Å².